The largest absolute Gasteiger partial charge is 0.497 e. The van der Waals surface area contributed by atoms with Gasteiger partial charge in [0.1, 0.15) is 5.75 Å². The number of nitrogens with zero attached hydrogens (tertiary/aromatic N) is 1. The van der Waals surface area contributed by atoms with E-state index in [4.69, 9.17) is 4.74 Å². The molecule has 33 heavy (non-hydrogen) atoms. The van der Waals surface area contributed by atoms with Crippen LogP contribution in [0, 0.1) is 0 Å². The molecule has 4 rings (SSSR count). The number of fused-ring (bicyclic) bond motifs is 1. The average molecular weight is 484 g/mol. The number of methoxy groups -OCH3 is 1. The van der Waals surface area contributed by atoms with Crippen molar-refractivity contribution in [3.63, 3.8) is 0 Å². The molecular weight excluding hydrogens is 462 g/mol. The zero-order chi connectivity index (χ0) is 23.4. The van der Waals surface area contributed by atoms with E-state index in [2.05, 4.69) is 15.0 Å². The number of aromatic nitrogens is 1. The van der Waals surface area contributed by atoms with Crippen molar-refractivity contribution < 1.29 is 23.1 Å². The van der Waals surface area contributed by atoms with Gasteiger partial charge in [0.15, 0.2) is 5.13 Å². The van der Waals surface area contributed by atoms with Crippen molar-refractivity contribution in [2.75, 3.05) is 18.4 Å². The average Bonchev–Trinajstić information content (AvgIpc) is 3.23. The lowest BCUT2D eigenvalue weighted by Gasteiger charge is -2.12. The van der Waals surface area contributed by atoms with Gasteiger partial charge < -0.3 is 15.2 Å². The van der Waals surface area contributed by atoms with Gasteiger partial charge in [-0.1, -0.05) is 41.7 Å². The summed E-state index contributed by atoms with van der Waals surface area (Å²) < 4.78 is 33.5. The normalized spacial score (nSPS) is 12.3. The Labute approximate surface area is 194 Å². The van der Waals surface area contributed by atoms with Gasteiger partial charge in [0, 0.05) is 12.1 Å². The number of aliphatic hydroxyl groups excluding tert-OH is 1. The van der Waals surface area contributed by atoms with E-state index in [-0.39, 0.29) is 22.5 Å². The van der Waals surface area contributed by atoms with Gasteiger partial charge in [-0.2, -0.15) is 0 Å². The van der Waals surface area contributed by atoms with Gasteiger partial charge in [-0.05, 0) is 48.0 Å². The van der Waals surface area contributed by atoms with Crippen LogP contribution in [0.15, 0.2) is 77.7 Å². The zero-order valence-electron chi connectivity index (χ0n) is 17.6. The van der Waals surface area contributed by atoms with Gasteiger partial charge in [0.05, 0.1) is 28.3 Å². The molecule has 8 nitrogen and oxygen atoms in total. The fraction of sp³-hybridized carbons (Fsp3) is 0.130. The summed E-state index contributed by atoms with van der Waals surface area (Å²) in [6.07, 6.45) is -0.818. The van der Waals surface area contributed by atoms with Crippen molar-refractivity contribution in [2.45, 2.75) is 11.0 Å². The number of hydrogen-bond acceptors (Lipinski definition) is 7. The third-order valence-corrected chi connectivity index (χ3v) is 7.30. The second-order valence-corrected chi connectivity index (χ2v) is 9.83. The Morgan fingerprint density at radius 3 is 2.52 bits per heavy atom. The third-order valence-electron chi connectivity index (χ3n) is 4.88. The number of amides is 1. The number of ether oxygens (including phenoxy) is 1. The lowest BCUT2D eigenvalue weighted by Crippen LogP contribution is -2.28. The van der Waals surface area contributed by atoms with Crippen molar-refractivity contribution in [3.8, 4) is 5.75 Å². The first kappa shape index (κ1) is 22.7. The predicted octanol–water partition coefficient (Wildman–Crippen LogP) is 3.57. The smallest absolute Gasteiger partial charge is 0.263 e. The topological polar surface area (TPSA) is 118 Å². The molecule has 0 spiro atoms. The number of rotatable bonds is 8. The minimum Gasteiger partial charge on any atom is -0.497 e. The van der Waals surface area contributed by atoms with Crippen molar-refractivity contribution in [3.05, 3.63) is 83.9 Å². The summed E-state index contributed by atoms with van der Waals surface area (Å²) in [6, 6.07) is 20.0. The fourth-order valence-electron chi connectivity index (χ4n) is 3.12. The maximum atomic E-state index is 12.6. The molecule has 0 saturated heterocycles. The van der Waals surface area contributed by atoms with Crippen molar-refractivity contribution in [2.24, 2.45) is 0 Å². The highest BCUT2D eigenvalue weighted by Gasteiger charge is 2.18. The number of aliphatic hydroxyl groups is 1. The van der Waals surface area contributed by atoms with Crippen LogP contribution in [0.5, 0.6) is 5.75 Å². The van der Waals surface area contributed by atoms with Crippen molar-refractivity contribution in [1.82, 2.24) is 10.3 Å². The number of carbonyl (C=O) groups excluding carboxylic acids is 1. The summed E-state index contributed by atoms with van der Waals surface area (Å²) in [7, 11) is -2.32. The third kappa shape index (κ3) is 5.30. The molecule has 0 aliphatic rings. The van der Waals surface area contributed by atoms with Gasteiger partial charge in [-0.15, -0.1) is 0 Å². The maximum Gasteiger partial charge on any atom is 0.263 e. The summed E-state index contributed by atoms with van der Waals surface area (Å²) in [5.41, 5.74) is 1.66. The van der Waals surface area contributed by atoms with Crippen LogP contribution < -0.4 is 14.8 Å². The number of benzene rings is 3. The Balaban J connectivity index is 1.46. The van der Waals surface area contributed by atoms with E-state index in [9.17, 15) is 18.3 Å². The molecule has 0 unspecified atom stereocenters. The summed E-state index contributed by atoms with van der Waals surface area (Å²) in [5.74, 6) is 0.205. The predicted molar refractivity (Wildman–Crippen MR) is 127 cm³/mol. The second-order valence-electron chi connectivity index (χ2n) is 7.12. The van der Waals surface area contributed by atoms with E-state index in [1.54, 1.807) is 42.5 Å². The van der Waals surface area contributed by atoms with Crippen molar-refractivity contribution in [1.29, 1.82) is 0 Å². The zero-order valence-corrected chi connectivity index (χ0v) is 19.2. The van der Waals surface area contributed by atoms with Crippen LogP contribution in [-0.4, -0.2) is 38.1 Å². The van der Waals surface area contributed by atoms with E-state index >= 15 is 0 Å². The summed E-state index contributed by atoms with van der Waals surface area (Å²) in [4.78, 5) is 16.9. The first-order chi connectivity index (χ1) is 15.9. The Morgan fingerprint density at radius 1 is 1.09 bits per heavy atom. The lowest BCUT2D eigenvalue weighted by molar-refractivity contribution is 0.0916. The van der Waals surface area contributed by atoms with Gasteiger partial charge in [-0.3, -0.25) is 9.52 Å². The first-order valence-electron chi connectivity index (χ1n) is 9.94. The second kappa shape index (κ2) is 9.57. The van der Waals surface area contributed by atoms with Crippen LogP contribution in [0.3, 0.4) is 0 Å². The summed E-state index contributed by atoms with van der Waals surface area (Å²) in [6.45, 7) is 0.0660. The molecule has 1 heterocycles. The molecule has 170 valence electrons. The minimum absolute atomic E-state index is 0.0660. The summed E-state index contributed by atoms with van der Waals surface area (Å²) in [5, 5.41) is 13.1. The maximum absolute atomic E-state index is 12.6. The standard InChI is InChI=1S/C23H21N3O5S2/c1-31-17-8-10-18(11-9-17)33(29,30)26-23-25-19-12-7-16(13-21(19)32-23)22(28)24-14-20(27)15-5-3-2-4-6-15/h2-13,20,27H,14H2,1H3,(H,24,28)(H,25,26)/t20-/m0/s1. The van der Waals surface area contributed by atoms with E-state index in [0.717, 1.165) is 11.3 Å². The molecular formula is C23H21N3O5S2. The van der Waals surface area contributed by atoms with Crippen LogP contribution >= 0.6 is 11.3 Å². The molecule has 3 aromatic carbocycles. The monoisotopic (exact) mass is 483 g/mol. The van der Waals surface area contributed by atoms with Crippen LogP contribution in [0.1, 0.15) is 22.0 Å². The molecule has 0 saturated carbocycles. The molecule has 0 fully saturated rings. The highest BCUT2D eigenvalue weighted by molar-refractivity contribution is 7.93. The van der Waals surface area contributed by atoms with Crippen LogP contribution in [0.2, 0.25) is 0 Å². The van der Waals surface area contributed by atoms with E-state index in [0.29, 0.717) is 27.1 Å². The van der Waals surface area contributed by atoms with Crippen LogP contribution in [0.25, 0.3) is 10.2 Å². The molecule has 10 heteroatoms. The van der Waals surface area contributed by atoms with Gasteiger partial charge >= 0.3 is 0 Å². The SMILES string of the molecule is COc1ccc(S(=O)(=O)Nc2nc3ccc(C(=O)NC[C@H](O)c4ccccc4)cc3s2)cc1. The van der Waals surface area contributed by atoms with Gasteiger partial charge in [0.2, 0.25) is 0 Å². The van der Waals surface area contributed by atoms with E-state index in [1.165, 1.54) is 19.2 Å². The number of carbonyl (C=O) groups is 1. The van der Waals surface area contributed by atoms with E-state index in [1.807, 2.05) is 18.2 Å². The van der Waals surface area contributed by atoms with Crippen molar-refractivity contribution >= 4 is 42.6 Å². The highest BCUT2D eigenvalue weighted by atomic mass is 32.2. The lowest BCUT2D eigenvalue weighted by atomic mass is 10.1. The number of sulfonamides is 1. The fourth-order valence-corrected chi connectivity index (χ4v) is 5.26. The van der Waals surface area contributed by atoms with Gasteiger partial charge in [0.25, 0.3) is 15.9 Å². The Morgan fingerprint density at radius 2 is 1.82 bits per heavy atom. The first-order valence-corrected chi connectivity index (χ1v) is 12.2. The molecule has 3 N–H and O–H groups in total. The van der Waals surface area contributed by atoms with Crippen LogP contribution in [0.4, 0.5) is 5.13 Å². The Kier molecular flexibility index (Phi) is 6.59. The van der Waals surface area contributed by atoms with Gasteiger partial charge in [-0.25, -0.2) is 13.4 Å². The van der Waals surface area contributed by atoms with E-state index < -0.39 is 16.1 Å². The molecule has 4 aromatic rings. The molecule has 0 aliphatic heterocycles. The number of hydrogen-bond donors (Lipinski definition) is 3. The Bertz CT molecular complexity index is 1370. The molecule has 1 atom stereocenters. The number of nitrogens with one attached hydrogen (secondary N) is 2. The quantitative estimate of drug-likeness (QED) is 0.353. The molecule has 0 bridgehead atoms. The highest BCUT2D eigenvalue weighted by Crippen LogP contribution is 2.29. The minimum atomic E-state index is -3.82. The molecule has 0 radical (unpaired) electrons. The number of anilines is 1. The molecule has 0 aliphatic carbocycles. The van der Waals surface area contributed by atoms with Crippen LogP contribution in [-0.2, 0) is 10.0 Å². The Hall–Kier alpha value is -3.47. The number of thiazole rings is 1. The molecule has 1 amide bonds. The molecule has 1 aromatic heterocycles. The summed E-state index contributed by atoms with van der Waals surface area (Å²) >= 11 is 1.12.